The summed E-state index contributed by atoms with van der Waals surface area (Å²) < 4.78 is 12.0. The van der Waals surface area contributed by atoms with E-state index in [0.717, 1.165) is 11.0 Å². The van der Waals surface area contributed by atoms with Crippen LogP contribution in [0.25, 0.3) is 6.08 Å². The smallest absolute Gasteiger partial charge is 0.491 e. The van der Waals surface area contributed by atoms with E-state index < -0.39 is 7.12 Å². The largest absolute Gasteiger partial charge is 0.506 e. The number of rotatable bonds is 3. The molecule has 0 amide bonds. The molecule has 0 spiro atoms. The Morgan fingerprint density at radius 1 is 1.29 bits per heavy atom. The average Bonchev–Trinajstić information content (AvgIpc) is 2.59. The molecule has 0 aromatic heterocycles. The first-order chi connectivity index (χ1) is 9.66. The van der Waals surface area contributed by atoms with Gasteiger partial charge in [-0.1, -0.05) is 23.7 Å². The minimum Gasteiger partial charge on any atom is -0.506 e. The molecule has 0 bridgehead atoms. The summed E-state index contributed by atoms with van der Waals surface area (Å²) in [6, 6.07) is 5.05. The van der Waals surface area contributed by atoms with Gasteiger partial charge in [-0.25, -0.2) is 0 Å². The molecule has 1 fully saturated rings. The van der Waals surface area contributed by atoms with Crippen molar-refractivity contribution in [1.82, 2.24) is 0 Å². The molecule has 21 heavy (non-hydrogen) atoms. The van der Waals surface area contributed by atoms with E-state index in [0.29, 0.717) is 10.8 Å². The summed E-state index contributed by atoms with van der Waals surface area (Å²) in [7, 11) is -0.430. The third-order valence-electron chi connectivity index (χ3n) is 4.06. The number of thiol groups is 1. The molecule has 6 heteroatoms. The average molecular weight is 327 g/mol. The minimum atomic E-state index is -0.430. The molecular weight excluding hydrogens is 306 g/mol. The van der Waals surface area contributed by atoms with Crippen LogP contribution in [0.2, 0.25) is 5.02 Å². The predicted molar refractivity (Wildman–Crippen MR) is 91.0 cm³/mol. The normalized spacial score (nSPS) is 20.9. The fourth-order valence-electron chi connectivity index (χ4n) is 2.01. The van der Waals surface area contributed by atoms with Crippen LogP contribution in [0.3, 0.4) is 0 Å². The quantitative estimate of drug-likeness (QED) is 0.651. The highest BCUT2D eigenvalue weighted by Crippen LogP contribution is 2.39. The Balaban J connectivity index is 2.28. The zero-order valence-corrected chi connectivity index (χ0v) is 14.3. The van der Waals surface area contributed by atoms with Crippen LogP contribution in [0, 0.1) is 0 Å². The Labute approximate surface area is 136 Å². The third-order valence-corrected chi connectivity index (χ3v) is 4.73. The standard InChI is InChI=1S/C15H20BClO3S/c1-14(2)15(3,4)20-16(19-14)11(9-21)7-10-5-6-13(18)12(17)8-10/h5-8,18,21H,9H2,1-4H3. The topological polar surface area (TPSA) is 38.7 Å². The van der Waals surface area contributed by atoms with Crippen LogP contribution < -0.4 is 0 Å². The molecule has 1 aromatic carbocycles. The molecule has 1 N–H and O–H groups in total. The van der Waals surface area contributed by atoms with Crippen molar-refractivity contribution >= 4 is 37.4 Å². The molecule has 1 aliphatic heterocycles. The maximum absolute atomic E-state index is 9.47. The first kappa shape index (κ1) is 16.8. The third kappa shape index (κ3) is 3.42. The number of phenols is 1. The fourth-order valence-corrected chi connectivity index (χ4v) is 2.44. The van der Waals surface area contributed by atoms with E-state index in [2.05, 4.69) is 12.6 Å². The predicted octanol–water partition coefficient (Wildman–Crippen LogP) is 3.99. The van der Waals surface area contributed by atoms with Crippen molar-refractivity contribution in [2.45, 2.75) is 38.9 Å². The molecule has 0 radical (unpaired) electrons. The maximum atomic E-state index is 9.47. The van der Waals surface area contributed by atoms with E-state index >= 15 is 0 Å². The van der Waals surface area contributed by atoms with Crippen LogP contribution in [-0.4, -0.2) is 29.2 Å². The molecule has 0 atom stereocenters. The van der Waals surface area contributed by atoms with Crippen molar-refractivity contribution < 1.29 is 14.4 Å². The Hall–Kier alpha value is -0.615. The summed E-state index contributed by atoms with van der Waals surface area (Å²) in [6.45, 7) is 8.06. The lowest BCUT2D eigenvalue weighted by molar-refractivity contribution is 0.00578. The van der Waals surface area contributed by atoms with Crippen molar-refractivity contribution in [1.29, 1.82) is 0 Å². The van der Waals surface area contributed by atoms with E-state index in [9.17, 15) is 5.11 Å². The number of hydrogen-bond donors (Lipinski definition) is 2. The van der Waals surface area contributed by atoms with Crippen LogP contribution in [-0.2, 0) is 9.31 Å². The van der Waals surface area contributed by atoms with Gasteiger partial charge in [0.25, 0.3) is 0 Å². The molecule has 1 aliphatic rings. The van der Waals surface area contributed by atoms with Gasteiger partial charge in [0.15, 0.2) is 0 Å². The molecule has 1 heterocycles. The zero-order chi connectivity index (χ0) is 15.8. The molecular formula is C15H20BClO3S. The number of benzene rings is 1. The van der Waals surface area contributed by atoms with Gasteiger partial charge in [-0.15, -0.1) is 0 Å². The Morgan fingerprint density at radius 2 is 1.86 bits per heavy atom. The lowest BCUT2D eigenvalue weighted by Gasteiger charge is -2.32. The first-order valence-corrected chi connectivity index (χ1v) is 7.83. The molecule has 1 saturated heterocycles. The zero-order valence-electron chi connectivity index (χ0n) is 12.7. The van der Waals surface area contributed by atoms with Crippen molar-refractivity contribution in [2.75, 3.05) is 5.75 Å². The second-order valence-corrected chi connectivity index (χ2v) is 6.90. The highest BCUT2D eigenvalue weighted by Gasteiger charge is 2.52. The number of halogens is 1. The van der Waals surface area contributed by atoms with Gasteiger partial charge in [0.05, 0.1) is 16.2 Å². The lowest BCUT2D eigenvalue weighted by Crippen LogP contribution is -2.41. The summed E-state index contributed by atoms with van der Waals surface area (Å²) in [4.78, 5) is 0. The van der Waals surface area contributed by atoms with Gasteiger partial charge in [0.1, 0.15) is 5.75 Å². The molecule has 1 aromatic rings. The summed E-state index contributed by atoms with van der Waals surface area (Å²) in [6.07, 6.45) is 1.93. The van der Waals surface area contributed by atoms with Crippen molar-refractivity contribution in [3.8, 4) is 5.75 Å². The Morgan fingerprint density at radius 3 is 2.33 bits per heavy atom. The van der Waals surface area contributed by atoms with Crippen LogP contribution in [0.4, 0.5) is 0 Å². The van der Waals surface area contributed by atoms with Crippen molar-refractivity contribution in [3.63, 3.8) is 0 Å². The fraction of sp³-hybridized carbons (Fsp3) is 0.467. The number of aromatic hydroxyl groups is 1. The molecule has 0 aliphatic carbocycles. The maximum Gasteiger partial charge on any atom is 0.491 e. The van der Waals surface area contributed by atoms with Gasteiger partial charge < -0.3 is 14.4 Å². The summed E-state index contributed by atoms with van der Waals surface area (Å²) in [5.74, 6) is 0.576. The summed E-state index contributed by atoms with van der Waals surface area (Å²) in [5.41, 5.74) is 1.02. The van der Waals surface area contributed by atoms with E-state index in [1.54, 1.807) is 18.2 Å². The molecule has 0 saturated carbocycles. The Bertz CT molecular complexity index is 556. The van der Waals surface area contributed by atoms with Gasteiger partial charge in [-0.05, 0) is 50.9 Å². The first-order valence-electron chi connectivity index (χ1n) is 6.82. The number of hydrogen-bond acceptors (Lipinski definition) is 4. The van der Waals surface area contributed by atoms with Gasteiger partial charge in [0, 0.05) is 5.75 Å². The van der Waals surface area contributed by atoms with Gasteiger partial charge >= 0.3 is 7.12 Å². The monoisotopic (exact) mass is 326 g/mol. The van der Waals surface area contributed by atoms with E-state index in [-0.39, 0.29) is 17.0 Å². The van der Waals surface area contributed by atoms with E-state index in [1.807, 2.05) is 33.8 Å². The van der Waals surface area contributed by atoms with Gasteiger partial charge in [-0.2, -0.15) is 12.6 Å². The molecule has 114 valence electrons. The van der Waals surface area contributed by atoms with Crippen LogP contribution in [0.1, 0.15) is 33.3 Å². The summed E-state index contributed by atoms with van der Waals surface area (Å²) >= 11 is 10.3. The Kier molecular flexibility index (Phi) is 4.69. The SMILES string of the molecule is CC1(C)OB(C(=Cc2ccc(O)c(Cl)c2)CS)OC1(C)C. The van der Waals surface area contributed by atoms with Crippen LogP contribution in [0.5, 0.6) is 5.75 Å². The second kappa shape index (κ2) is 5.88. The molecule has 3 nitrogen and oxygen atoms in total. The van der Waals surface area contributed by atoms with Crippen LogP contribution in [0.15, 0.2) is 23.7 Å². The summed E-state index contributed by atoms with van der Waals surface area (Å²) in [5, 5.41) is 9.78. The van der Waals surface area contributed by atoms with E-state index in [1.165, 1.54) is 0 Å². The molecule has 2 rings (SSSR count). The highest BCUT2D eigenvalue weighted by molar-refractivity contribution is 7.80. The van der Waals surface area contributed by atoms with Gasteiger partial charge in [-0.3, -0.25) is 0 Å². The lowest BCUT2D eigenvalue weighted by atomic mass is 9.78. The molecule has 0 unspecified atom stereocenters. The minimum absolute atomic E-state index is 0.0665. The van der Waals surface area contributed by atoms with Crippen LogP contribution >= 0.6 is 24.2 Å². The van der Waals surface area contributed by atoms with Crippen molar-refractivity contribution in [3.05, 3.63) is 34.3 Å². The second-order valence-electron chi connectivity index (χ2n) is 6.18. The van der Waals surface area contributed by atoms with Gasteiger partial charge in [0.2, 0.25) is 0 Å². The number of phenolic OH excluding ortho intramolecular Hbond substituents is 1. The van der Waals surface area contributed by atoms with E-state index in [4.69, 9.17) is 20.9 Å². The van der Waals surface area contributed by atoms with Crippen molar-refractivity contribution in [2.24, 2.45) is 0 Å². The highest BCUT2D eigenvalue weighted by atomic mass is 35.5.